The zero-order valence-electron chi connectivity index (χ0n) is 7.86. The molecular weight excluding hydrogens is 186 g/mol. The zero-order valence-corrected chi connectivity index (χ0v) is 7.86. The van der Waals surface area contributed by atoms with Gasteiger partial charge in [0.25, 0.3) is 5.91 Å². The third kappa shape index (κ3) is 1.29. The van der Waals surface area contributed by atoms with Gasteiger partial charge in [-0.25, -0.2) is 0 Å². The van der Waals surface area contributed by atoms with Crippen LogP contribution in [0.1, 0.15) is 26.2 Å². The molecule has 0 spiro atoms. The summed E-state index contributed by atoms with van der Waals surface area (Å²) in [7, 11) is 0. The van der Waals surface area contributed by atoms with Gasteiger partial charge < -0.3 is 4.74 Å². The van der Waals surface area contributed by atoms with Crippen molar-refractivity contribution in [1.82, 2.24) is 4.90 Å². The molecule has 5 nitrogen and oxygen atoms in total. The predicted octanol–water partition coefficient (Wildman–Crippen LogP) is -0.161. The topological polar surface area (TPSA) is 63.7 Å². The average Bonchev–Trinajstić information content (AvgIpc) is 2.57. The van der Waals surface area contributed by atoms with E-state index in [0.29, 0.717) is 19.3 Å². The molecule has 2 fully saturated rings. The van der Waals surface area contributed by atoms with Crippen molar-refractivity contribution in [1.29, 1.82) is 0 Å². The van der Waals surface area contributed by atoms with Crippen molar-refractivity contribution < 1.29 is 19.1 Å². The highest BCUT2D eigenvalue weighted by molar-refractivity contribution is 6.01. The molecule has 0 aliphatic carbocycles. The minimum Gasteiger partial charge on any atom is -0.452 e. The average molecular weight is 197 g/mol. The Hall–Kier alpha value is -1.39. The van der Waals surface area contributed by atoms with Crippen LogP contribution in [0.5, 0.6) is 0 Å². The van der Waals surface area contributed by atoms with Crippen LogP contribution in [0.4, 0.5) is 0 Å². The molecule has 0 radical (unpaired) electrons. The highest BCUT2D eigenvalue weighted by Gasteiger charge is 2.47. The molecule has 0 bridgehead atoms. The van der Waals surface area contributed by atoms with E-state index in [0.717, 1.165) is 0 Å². The number of rotatable bonds is 1. The maximum absolute atomic E-state index is 11.6. The Bertz CT molecular complexity index is 312. The minimum absolute atomic E-state index is 0.0423. The molecule has 2 rings (SSSR count). The summed E-state index contributed by atoms with van der Waals surface area (Å²) in [5.74, 6) is -0.973. The second-order valence-electron chi connectivity index (χ2n) is 3.63. The lowest BCUT2D eigenvalue weighted by Crippen LogP contribution is -2.35. The molecule has 2 unspecified atom stereocenters. The van der Waals surface area contributed by atoms with E-state index in [2.05, 4.69) is 0 Å². The molecule has 2 saturated heterocycles. The Balaban J connectivity index is 2.10. The summed E-state index contributed by atoms with van der Waals surface area (Å²) < 4.78 is 4.83. The zero-order chi connectivity index (χ0) is 10.3. The molecule has 2 atom stereocenters. The van der Waals surface area contributed by atoms with Crippen LogP contribution in [0.2, 0.25) is 0 Å². The fourth-order valence-electron chi connectivity index (χ4n) is 2.07. The molecular formula is C9H11NO4. The van der Waals surface area contributed by atoms with Crippen molar-refractivity contribution in [2.75, 3.05) is 0 Å². The van der Waals surface area contributed by atoms with Crippen LogP contribution in [0.25, 0.3) is 0 Å². The standard InChI is InChI=1S/C9H11NO4/c1-5(11)14-7-4-6-2-3-8(12)10(6)9(7)13/h6-7H,2-4H2,1H3. The van der Waals surface area contributed by atoms with Crippen LogP contribution < -0.4 is 0 Å². The first kappa shape index (κ1) is 9.18. The number of ether oxygens (including phenoxy) is 1. The van der Waals surface area contributed by atoms with E-state index in [-0.39, 0.29) is 17.9 Å². The predicted molar refractivity (Wildman–Crippen MR) is 45.0 cm³/mol. The Morgan fingerprint density at radius 1 is 1.50 bits per heavy atom. The molecule has 0 N–H and O–H groups in total. The smallest absolute Gasteiger partial charge is 0.303 e. The second kappa shape index (κ2) is 3.08. The van der Waals surface area contributed by atoms with Crippen molar-refractivity contribution in [3.05, 3.63) is 0 Å². The molecule has 2 amide bonds. The van der Waals surface area contributed by atoms with Crippen LogP contribution in [0, 0.1) is 0 Å². The lowest BCUT2D eigenvalue weighted by atomic mass is 10.1. The molecule has 76 valence electrons. The Morgan fingerprint density at radius 3 is 2.79 bits per heavy atom. The molecule has 2 aliphatic heterocycles. The first-order valence-electron chi connectivity index (χ1n) is 4.62. The summed E-state index contributed by atoms with van der Waals surface area (Å²) in [4.78, 5) is 34.7. The Labute approximate surface area is 81.0 Å². The summed E-state index contributed by atoms with van der Waals surface area (Å²) in [6.45, 7) is 1.26. The Kier molecular flexibility index (Phi) is 2.02. The van der Waals surface area contributed by atoms with E-state index in [1.165, 1.54) is 11.8 Å². The minimum atomic E-state index is -0.734. The fraction of sp³-hybridized carbons (Fsp3) is 0.667. The van der Waals surface area contributed by atoms with Gasteiger partial charge in [0.15, 0.2) is 6.10 Å². The van der Waals surface area contributed by atoms with Crippen molar-refractivity contribution in [2.24, 2.45) is 0 Å². The van der Waals surface area contributed by atoms with Crippen molar-refractivity contribution >= 4 is 17.8 Å². The summed E-state index contributed by atoms with van der Waals surface area (Å²) in [5.41, 5.74) is 0. The van der Waals surface area contributed by atoms with Crippen molar-refractivity contribution in [2.45, 2.75) is 38.3 Å². The highest BCUT2D eigenvalue weighted by Crippen LogP contribution is 2.31. The number of hydrogen-bond acceptors (Lipinski definition) is 4. The lowest BCUT2D eigenvalue weighted by molar-refractivity contribution is -0.156. The third-order valence-electron chi connectivity index (χ3n) is 2.63. The largest absolute Gasteiger partial charge is 0.452 e. The number of hydrogen-bond donors (Lipinski definition) is 0. The van der Waals surface area contributed by atoms with Gasteiger partial charge in [0.2, 0.25) is 5.91 Å². The van der Waals surface area contributed by atoms with Crippen LogP contribution in [-0.2, 0) is 19.1 Å². The van der Waals surface area contributed by atoms with Gasteiger partial charge in [-0.05, 0) is 6.42 Å². The van der Waals surface area contributed by atoms with Crippen LogP contribution >= 0.6 is 0 Å². The molecule has 2 heterocycles. The molecule has 5 heteroatoms. The molecule has 0 saturated carbocycles. The van der Waals surface area contributed by atoms with Gasteiger partial charge in [0.05, 0.1) is 0 Å². The highest BCUT2D eigenvalue weighted by atomic mass is 16.5. The van der Waals surface area contributed by atoms with Crippen molar-refractivity contribution in [3.8, 4) is 0 Å². The number of carbonyl (C=O) groups is 3. The van der Waals surface area contributed by atoms with Gasteiger partial charge in [0.1, 0.15) is 0 Å². The van der Waals surface area contributed by atoms with E-state index in [1.807, 2.05) is 0 Å². The summed E-state index contributed by atoms with van der Waals surface area (Å²) in [6.07, 6.45) is 0.858. The van der Waals surface area contributed by atoms with E-state index in [9.17, 15) is 14.4 Å². The van der Waals surface area contributed by atoms with Gasteiger partial charge >= 0.3 is 5.97 Å². The van der Waals surface area contributed by atoms with Crippen molar-refractivity contribution in [3.63, 3.8) is 0 Å². The number of nitrogens with zero attached hydrogens (tertiary/aromatic N) is 1. The first-order chi connectivity index (χ1) is 6.59. The molecule has 0 aromatic carbocycles. The molecule has 0 aromatic rings. The van der Waals surface area contributed by atoms with E-state index < -0.39 is 12.1 Å². The van der Waals surface area contributed by atoms with E-state index >= 15 is 0 Å². The number of esters is 1. The fourth-order valence-corrected chi connectivity index (χ4v) is 2.07. The van der Waals surface area contributed by atoms with Gasteiger partial charge in [-0.1, -0.05) is 0 Å². The SMILES string of the molecule is CC(=O)OC1CC2CCC(=O)N2C1=O. The van der Waals surface area contributed by atoms with Gasteiger partial charge in [-0.3, -0.25) is 19.3 Å². The monoisotopic (exact) mass is 197 g/mol. The number of fused-ring (bicyclic) bond motifs is 1. The summed E-state index contributed by atoms with van der Waals surface area (Å²) >= 11 is 0. The van der Waals surface area contributed by atoms with E-state index in [4.69, 9.17) is 4.74 Å². The number of imide groups is 1. The first-order valence-corrected chi connectivity index (χ1v) is 4.62. The van der Waals surface area contributed by atoms with Crippen LogP contribution in [0.3, 0.4) is 0 Å². The normalized spacial score (nSPS) is 30.8. The summed E-state index contributed by atoms with van der Waals surface area (Å²) in [5, 5.41) is 0. The summed E-state index contributed by atoms with van der Waals surface area (Å²) in [6, 6.07) is -0.0423. The maximum Gasteiger partial charge on any atom is 0.303 e. The van der Waals surface area contributed by atoms with Gasteiger partial charge in [0, 0.05) is 25.8 Å². The second-order valence-corrected chi connectivity index (χ2v) is 3.63. The molecule has 14 heavy (non-hydrogen) atoms. The Morgan fingerprint density at radius 2 is 2.21 bits per heavy atom. The van der Waals surface area contributed by atoms with Gasteiger partial charge in [-0.15, -0.1) is 0 Å². The van der Waals surface area contributed by atoms with Gasteiger partial charge in [-0.2, -0.15) is 0 Å². The van der Waals surface area contributed by atoms with Crippen LogP contribution in [-0.4, -0.2) is 34.8 Å². The van der Waals surface area contributed by atoms with Crippen LogP contribution in [0.15, 0.2) is 0 Å². The van der Waals surface area contributed by atoms with E-state index in [1.54, 1.807) is 0 Å². The lowest BCUT2D eigenvalue weighted by Gasteiger charge is -2.11. The third-order valence-corrected chi connectivity index (χ3v) is 2.63. The quantitative estimate of drug-likeness (QED) is 0.433. The number of carbonyl (C=O) groups excluding carboxylic acids is 3. The maximum atomic E-state index is 11.6. The molecule has 0 aromatic heterocycles. The number of amides is 2. The molecule has 2 aliphatic rings.